The summed E-state index contributed by atoms with van der Waals surface area (Å²) in [6, 6.07) is 8.22. The second kappa shape index (κ2) is 4.59. The van der Waals surface area contributed by atoms with Gasteiger partial charge in [-0.3, -0.25) is 0 Å². The number of aromatic hydroxyl groups is 2. The van der Waals surface area contributed by atoms with Crippen LogP contribution in [0.5, 0.6) is 11.5 Å². The number of phenolic OH excluding ortho intramolecular Hbond substituents is 2. The third kappa shape index (κ3) is 2.42. The van der Waals surface area contributed by atoms with E-state index in [0.29, 0.717) is 11.1 Å². The van der Waals surface area contributed by atoms with Gasteiger partial charge in [-0.25, -0.2) is 8.42 Å². The van der Waals surface area contributed by atoms with Crippen molar-refractivity contribution in [2.75, 3.05) is 0 Å². The molecule has 2 aromatic carbocycles. The molecule has 2 aromatic rings. The van der Waals surface area contributed by atoms with Gasteiger partial charge in [-0.2, -0.15) is 0 Å². The second-order valence-electron chi connectivity index (χ2n) is 4.40. The molecular weight excluding hydrogens is 264 g/mol. The molecule has 100 valence electrons. The molecule has 0 bridgehead atoms. The van der Waals surface area contributed by atoms with Crippen LogP contribution in [-0.4, -0.2) is 18.6 Å². The molecule has 0 saturated carbocycles. The minimum atomic E-state index is -3.64. The van der Waals surface area contributed by atoms with E-state index < -0.39 is 9.84 Å². The van der Waals surface area contributed by atoms with Crippen molar-refractivity contribution in [2.24, 2.45) is 0 Å². The summed E-state index contributed by atoms with van der Waals surface area (Å²) in [6.45, 7) is 3.30. The number of rotatable bonds is 2. The van der Waals surface area contributed by atoms with Gasteiger partial charge in [-0.1, -0.05) is 0 Å². The number of aryl methyl sites for hydroxylation is 2. The predicted molar refractivity (Wildman–Crippen MR) is 71.1 cm³/mol. The van der Waals surface area contributed by atoms with E-state index in [9.17, 15) is 18.6 Å². The Kier molecular flexibility index (Phi) is 3.24. The fourth-order valence-corrected chi connectivity index (χ4v) is 3.26. The molecule has 2 N–H and O–H groups in total. The maximum absolute atomic E-state index is 12.4. The number of sulfone groups is 1. The average Bonchev–Trinajstić information content (AvgIpc) is 2.35. The van der Waals surface area contributed by atoms with E-state index in [-0.39, 0.29) is 21.3 Å². The largest absolute Gasteiger partial charge is 0.508 e. The molecule has 0 saturated heterocycles. The highest BCUT2D eigenvalue weighted by molar-refractivity contribution is 7.91. The summed E-state index contributed by atoms with van der Waals surface area (Å²) < 4.78 is 24.8. The van der Waals surface area contributed by atoms with E-state index in [1.165, 1.54) is 36.4 Å². The van der Waals surface area contributed by atoms with Crippen molar-refractivity contribution in [3.05, 3.63) is 47.5 Å². The van der Waals surface area contributed by atoms with Gasteiger partial charge >= 0.3 is 0 Å². The molecule has 0 heterocycles. The first-order valence-corrected chi connectivity index (χ1v) is 7.15. The summed E-state index contributed by atoms with van der Waals surface area (Å²) in [5.41, 5.74) is 1.02. The highest BCUT2D eigenvalue weighted by atomic mass is 32.2. The molecule has 0 radical (unpaired) electrons. The molecule has 0 aromatic heterocycles. The van der Waals surface area contributed by atoms with Crippen LogP contribution in [0.25, 0.3) is 0 Å². The van der Waals surface area contributed by atoms with Gasteiger partial charge in [0.05, 0.1) is 9.79 Å². The van der Waals surface area contributed by atoms with E-state index in [0.717, 1.165) is 0 Å². The topological polar surface area (TPSA) is 74.6 Å². The molecular formula is C14H14O4S. The highest BCUT2D eigenvalue weighted by Crippen LogP contribution is 2.29. The molecule has 0 fully saturated rings. The lowest BCUT2D eigenvalue weighted by atomic mass is 10.1. The van der Waals surface area contributed by atoms with Crippen LogP contribution in [0, 0.1) is 13.8 Å². The Balaban J connectivity index is 2.60. The maximum Gasteiger partial charge on any atom is 0.206 e. The minimum Gasteiger partial charge on any atom is -0.508 e. The molecule has 2 rings (SSSR count). The number of hydrogen-bond donors (Lipinski definition) is 2. The Morgan fingerprint density at radius 3 is 1.79 bits per heavy atom. The van der Waals surface area contributed by atoms with Crippen molar-refractivity contribution in [3.63, 3.8) is 0 Å². The van der Waals surface area contributed by atoms with E-state index in [1.54, 1.807) is 13.8 Å². The van der Waals surface area contributed by atoms with Crippen molar-refractivity contribution in [1.82, 2.24) is 0 Å². The van der Waals surface area contributed by atoms with Crippen LogP contribution in [0.2, 0.25) is 0 Å². The third-order valence-electron chi connectivity index (χ3n) is 2.92. The van der Waals surface area contributed by atoms with Crippen molar-refractivity contribution in [3.8, 4) is 11.5 Å². The predicted octanol–water partition coefficient (Wildman–Crippen LogP) is 2.55. The van der Waals surface area contributed by atoms with Gasteiger partial charge in [-0.05, 0) is 61.4 Å². The monoisotopic (exact) mass is 278 g/mol. The van der Waals surface area contributed by atoms with Gasteiger partial charge in [0.25, 0.3) is 0 Å². The van der Waals surface area contributed by atoms with Crippen LogP contribution in [0.1, 0.15) is 11.1 Å². The van der Waals surface area contributed by atoms with Crippen LogP contribution < -0.4 is 0 Å². The van der Waals surface area contributed by atoms with E-state index in [2.05, 4.69) is 0 Å². The second-order valence-corrected chi connectivity index (χ2v) is 6.35. The van der Waals surface area contributed by atoms with Gasteiger partial charge in [-0.15, -0.1) is 0 Å². The number of hydrogen-bond acceptors (Lipinski definition) is 4. The first-order chi connectivity index (χ1) is 8.82. The van der Waals surface area contributed by atoms with Crippen molar-refractivity contribution < 1.29 is 18.6 Å². The SMILES string of the molecule is Cc1cc(S(=O)(=O)c2ccc(O)cc2)cc(C)c1O. The third-order valence-corrected chi connectivity index (χ3v) is 4.67. The Morgan fingerprint density at radius 1 is 0.842 bits per heavy atom. The first kappa shape index (κ1) is 13.4. The lowest BCUT2D eigenvalue weighted by molar-refractivity contribution is 0.466. The molecule has 0 aliphatic carbocycles. The maximum atomic E-state index is 12.4. The van der Waals surface area contributed by atoms with Crippen molar-refractivity contribution in [2.45, 2.75) is 23.6 Å². The zero-order chi connectivity index (χ0) is 14.2. The van der Waals surface area contributed by atoms with Crippen molar-refractivity contribution in [1.29, 1.82) is 0 Å². The fourth-order valence-electron chi connectivity index (χ4n) is 1.83. The molecule has 0 spiro atoms. The summed E-state index contributed by atoms with van der Waals surface area (Å²) in [4.78, 5) is 0.237. The lowest BCUT2D eigenvalue weighted by Gasteiger charge is -2.09. The van der Waals surface area contributed by atoms with Gasteiger partial charge in [0, 0.05) is 0 Å². The van der Waals surface area contributed by atoms with E-state index >= 15 is 0 Å². The summed E-state index contributed by atoms with van der Waals surface area (Å²) in [5, 5.41) is 18.9. The van der Waals surface area contributed by atoms with Crippen LogP contribution in [0.4, 0.5) is 0 Å². The summed E-state index contributed by atoms with van der Waals surface area (Å²) in [5.74, 6) is 0.113. The van der Waals surface area contributed by atoms with Crippen molar-refractivity contribution >= 4 is 9.84 Å². The zero-order valence-corrected chi connectivity index (χ0v) is 11.4. The average molecular weight is 278 g/mol. The number of phenols is 2. The van der Waals surface area contributed by atoms with Crippen LogP contribution in [0.3, 0.4) is 0 Å². The normalized spacial score (nSPS) is 11.5. The van der Waals surface area contributed by atoms with Gasteiger partial charge in [0.15, 0.2) is 0 Å². The van der Waals surface area contributed by atoms with E-state index in [1.807, 2.05) is 0 Å². The molecule has 0 atom stereocenters. The Morgan fingerprint density at radius 2 is 1.32 bits per heavy atom. The Labute approximate surface area is 111 Å². The molecule has 0 amide bonds. The minimum absolute atomic E-state index is 0.0111. The fraction of sp³-hybridized carbons (Fsp3) is 0.143. The standard InChI is InChI=1S/C14H14O4S/c1-9-7-13(8-10(2)14(9)16)19(17,18)12-5-3-11(15)4-6-12/h3-8,15-16H,1-2H3. The quantitative estimate of drug-likeness (QED) is 0.885. The molecule has 19 heavy (non-hydrogen) atoms. The summed E-state index contributed by atoms with van der Waals surface area (Å²) in [7, 11) is -3.64. The first-order valence-electron chi connectivity index (χ1n) is 5.66. The zero-order valence-electron chi connectivity index (χ0n) is 10.6. The van der Waals surface area contributed by atoms with E-state index in [4.69, 9.17) is 0 Å². The number of benzene rings is 2. The Hall–Kier alpha value is -2.01. The van der Waals surface area contributed by atoms with Gasteiger partial charge in [0.1, 0.15) is 11.5 Å². The lowest BCUT2D eigenvalue weighted by Crippen LogP contribution is -2.02. The van der Waals surface area contributed by atoms with Gasteiger partial charge in [0.2, 0.25) is 9.84 Å². The summed E-state index contributed by atoms with van der Waals surface area (Å²) in [6.07, 6.45) is 0. The van der Waals surface area contributed by atoms with Crippen LogP contribution >= 0.6 is 0 Å². The molecule has 4 nitrogen and oxygen atoms in total. The molecule has 0 aliphatic heterocycles. The highest BCUT2D eigenvalue weighted by Gasteiger charge is 2.19. The van der Waals surface area contributed by atoms with Crippen LogP contribution in [-0.2, 0) is 9.84 Å². The summed E-state index contributed by atoms with van der Waals surface area (Å²) >= 11 is 0. The molecule has 0 aliphatic rings. The smallest absolute Gasteiger partial charge is 0.206 e. The Bertz CT molecular complexity index is 693. The van der Waals surface area contributed by atoms with Crippen LogP contribution in [0.15, 0.2) is 46.2 Å². The van der Waals surface area contributed by atoms with Gasteiger partial charge < -0.3 is 10.2 Å². The molecule has 5 heteroatoms. The molecule has 0 unspecified atom stereocenters.